The van der Waals surface area contributed by atoms with E-state index in [0.29, 0.717) is 5.92 Å². The monoisotopic (exact) mass is 501 g/mol. The number of hydrogen-bond donors (Lipinski definition) is 0. The topological polar surface area (TPSA) is 9.23 Å². The summed E-state index contributed by atoms with van der Waals surface area (Å²) in [7, 11) is 2.23. The summed E-state index contributed by atoms with van der Waals surface area (Å²) < 4.78 is 8.74. The van der Waals surface area contributed by atoms with E-state index in [2.05, 4.69) is 86.7 Å². The Labute approximate surface area is 195 Å². The molecule has 1 atom stereocenters. The Morgan fingerprint density at radius 3 is 2.00 bits per heavy atom. The van der Waals surface area contributed by atoms with Crippen molar-refractivity contribution in [3.8, 4) is 16.9 Å². The molecule has 0 heterocycles. The van der Waals surface area contributed by atoms with Gasteiger partial charge in [-0.2, -0.15) is 0 Å². The van der Waals surface area contributed by atoms with Crippen LogP contribution in [0, 0.1) is 12.8 Å². The van der Waals surface area contributed by atoms with Crippen LogP contribution in [0.5, 0.6) is 5.75 Å². The number of rotatable bonds is 4. The maximum absolute atomic E-state index is 7.04. The number of halogens is 2. The molecule has 0 aliphatic heterocycles. The van der Waals surface area contributed by atoms with E-state index in [1.165, 1.54) is 22.3 Å². The molecule has 6 heteroatoms. The third kappa shape index (κ3) is 5.39. The molecule has 29 heavy (non-hydrogen) atoms. The molecule has 0 saturated carbocycles. The standard InChI is InChI=1S/C13H12O.C8H13Si.2CH3.2ClH.H3Si.Ti/c1-10-7-12(9-13(14)8-10)11-5-3-2-4-6-11;1-5-4-8(9)7(3)6(5)2;;;;;;/h2-9,14H,1H3;5H,1-3,9H3;2*1H3;2*1H;1H3;/q;;;;;;;+1/p-1. The maximum Gasteiger partial charge on any atom is -0.147 e. The summed E-state index contributed by atoms with van der Waals surface area (Å²) in [5.41, 5.74) is 6.87. The summed E-state index contributed by atoms with van der Waals surface area (Å²) in [6, 6.07) is 17.4. The van der Waals surface area contributed by atoms with Gasteiger partial charge in [0, 0.05) is 0 Å². The van der Waals surface area contributed by atoms with Gasteiger partial charge >= 0.3 is 172 Å². The normalized spacial score (nSPS) is 18.1. The van der Waals surface area contributed by atoms with Gasteiger partial charge < -0.3 is 0 Å². The van der Waals surface area contributed by atoms with Gasteiger partial charge in [0.25, 0.3) is 0 Å². The fraction of sp³-hybridized carbons (Fsp3) is 0.304. The summed E-state index contributed by atoms with van der Waals surface area (Å²) in [6.45, 7) is 9.19. The van der Waals surface area contributed by atoms with Crippen LogP contribution in [0.15, 0.2) is 68.8 Å². The smallest absolute Gasteiger partial charge is 0.147 e. The van der Waals surface area contributed by atoms with Gasteiger partial charge in [0.15, 0.2) is 0 Å². The van der Waals surface area contributed by atoms with E-state index in [0.717, 1.165) is 24.1 Å². The molecule has 2 aromatic rings. The van der Waals surface area contributed by atoms with Crippen LogP contribution in [0.2, 0.25) is 10.5 Å². The number of hydrogen-bond acceptors (Lipinski definition) is 1. The van der Waals surface area contributed by atoms with Gasteiger partial charge in [-0.05, 0) is 0 Å². The minimum atomic E-state index is -3.15. The molecule has 0 spiro atoms. The Hall–Kier alpha value is -0.552. The van der Waals surface area contributed by atoms with E-state index < -0.39 is 14.9 Å². The van der Waals surface area contributed by atoms with Crippen LogP contribution >= 0.6 is 24.8 Å². The van der Waals surface area contributed by atoms with Crippen molar-refractivity contribution in [2.45, 2.75) is 38.2 Å². The van der Waals surface area contributed by atoms with Crippen LogP contribution in [-0.2, 0) is 14.9 Å². The van der Waals surface area contributed by atoms with E-state index in [4.69, 9.17) is 3.32 Å². The largest absolute Gasteiger partial charge is 0.147 e. The molecule has 3 rings (SSSR count). The Kier molecular flexibility index (Phi) is 8.49. The SMILES string of the molecule is CC1=C(C)C(C)[C]([Ti]([CH3])([CH3])([SiH3])[O]c2cc(C)cc(-c3ccccc3)c2)=C1[SiH3].Cl.Cl. The molecule has 0 bridgehead atoms. The Morgan fingerprint density at radius 2 is 1.48 bits per heavy atom. The van der Waals surface area contributed by atoms with Gasteiger partial charge in [0.05, 0.1) is 0 Å². The van der Waals surface area contributed by atoms with Gasteiger partial charge in [0.2, 0.25) is 0 Å². The summed E-state index contributed by atoms with van der Waals surface area (Å²) in [4.78, 5) is 0. The quantitative estimate of drug-likeness (QED) is 0.507. The van der Waals surface area contributed by atoms with Crippen molar-refractivity contribution in [3.05, 3.63) is 74.3 Å². The fourth-order valence-corrected chi connectivity index (χ4v) is 22.1. The van der Waals surface area contributed by atoms with Crippen molar-refractivity contribution in [2.75, 3.05) is 0 Å². The number of benzene rings is 2. The summed E-state index contributed by atoms with van der Waals surface area (Å²) in [5, 5.41) is 6.61. The van der Waals surface area contributed by atoms with E-state index in [9.17, 15) is 0 Å². The Morgan fingerprint density at radius 1 is 0.897 bits per heavy atom. The van der Waals surface area contributed by atoms with Gasteiger partial charge in [-0.3, -0.25) is 0 Å². The third-order valence-electron chi connectivity index (χ3n) is 6.19. The zero-order valence-corrected chi connectivity index (χ0v) is 26.1. The number of allylic oxidation sites excluding steroid dienone is 4. The van der Waals surface area contributed by atoms with Gasteiger partial charge in [0.1, 0.15) is 0 Å². The summed E-state index contributed by atoms with van der Waals surface area (Å²) in [5.74, 6) is 1.61. The summed E-state index contributed by atoms with van der Waals surface area (Å²) in [6.07, 6.45) is 0. The van der Waals surface area contributed by atoms with Crippen molar-refractivity contribution in [1.82, 2.24) is 0 Å². The molecule has 2 aromatic carbocycles. The van der Waals surface area contributed by atoms with E-state index in [-0.39, 0.29) is 24.8 Å². The van der Waals surface area contributed by atoms with E-state index >= 15 is 0 Å². The molecular weight excluding hydrogens is 467 g/mol. The molecule has 0 N–H and O–H groups in total. The molecule has 1 unspecified atom stereocenters. The van der Waals surface area contributed by atoms with Crippen molar-refractivity contribution >= 4 is 43.2 Å². The molecule has 0 fully saturated rings. The van der Waals surface area contributed by atoms with Crippen molar-refractivity contribution < 1.29 is 18.3 Å². The van der Waals surface area contributed by atoms with E-state index in [1.54, 1.807) is 14.6 Å². The van der Waals surface area contributed by atoms with Crippen molar-refractivity contribution in [1.29, 1.82) is 0 Å². The predicted octanol–water partition coefficient (Wildman–Crippen LogP) is 5.43. The Balaban J connectivity index is 0.00000210. The summed E-state index contributed by atoms with van der Waals surface area (Å²) >= 11 is -3.15. The first-order valence-electron chi connectivity index (χ1n) is 9.96. The first-order chi connectivity index (χ1) is 12.5. The molecule has 159 valence electrons. The van der Waals surface area contributed by atoms with Gasteiger partial charge in [-0.15, -0.1) is 24.8 Å². The van der Waals surface area contributed by atoms with Crippen LogP contribution in [0.4, 0.5) is 0 Å². The van der Waals surface area contributed by atoms with Gasteiger partial charge in [-0.25, -0.2) is 0 Å². The predicted molar refractivity (Wildman–Crippen MR) is 138 cm³/mol. The van der Waals surface area contributed by atoms with Crippen molar-refractivity contribution in [3.63, 3.8) is 0 Å². The minimum absolute atomic E-state index is 0. The van der Waals surface area contributed by atoms with Crippen LogP contribution in [0.25, 0.3) is 11.1 Å². The van der Waals surface area contributed by atoms with Crippen LogP contribution in [-0.4, -0.2) is 18.4 Å². The third-order valence-corrected chi connectivity index (χ3v) is 16.9. The minimum Gasteiger partial charge on any atom is -0.147 e. The van der Waals surface area contributed by atoms with Crippen molar-refractivity contribution in [2.24, 2.45) is 5.92 Å². The average Bonchev–Trinajstić information content (AvgIpc) is 2.78. The Bertz CT molecular complexity index is 960. The molecule has 1 aliphatic carbocycles. The van der Waals surface area contributed by atoms with Crippen LogP contribution in [0.3, 0.4) is 0 Å². The number of aryl methyl sites for hydroxylation is 1. The van der Waals surface area contributed by atoms with Crippen LogP contribution < -0.4 is 3.32 Å². The molecule has 1 nitrogen and oxygen atoms in total. The molecule has 0 radical (unpaired) electrons. The fourth-order valence-electron chi connectivity index (χ4n) is 4.81. The first kappa shape index (κ1) is 26.5. The maximum atomic E-state index is 7.04. The average molecular weight is 502 g/mol. The molecule has 0 saturated heterocycles. The second kappa shape index (κ2) is 9.30. The molecular formula is C23H35Cl2OSi2Ti. The second-order valence-electron chi connectivity index (χ2n) is 9.54. The van der Waals surface area contributed by atoms with Crippen LogP contribution in [0.1, 0.15) is 26.3 Å². The zero-order valence-electron chi connectivity index (χ0n) is 18.9. The second-order valence-corrected chi connectivity index (χ2v) is 32.9. The molecule has 0 amide bonds. The molecule has 1 aliphatic rings. The zero-order chi connectivity index (χ0) is 20.0. The van der Waals surface area contributed by atoms with Gasteiger partial charge in [-0.1, -0.05) is 0 Å². The molecule has 0 aromatic heterocycles. The van der Waals surface area contributed by atoms with E-state index in [1.807, 2.05) is 0 Å². The first-order valence-corrected chi connectivity index (χ1v) is 21.2.